The molecule has 3 rings (SSSR count). The monoisotopic (exact) mass is 275 g/mol. The van der Waals surface area contributed by atoms with Crippen molar-refractivity contribution in [2.45, 2.75) is 25.8 Å². The van der Waals surface area contributed by atoms with Crippen LogP contribution in [0.4, 0.5) is 5.82 Å². The van der Waals surface area contributed by atoms with Crippen LogP contribution in [0.25, 0.3) is 0 Å². The number of hydrogen-bond acceptors (Lipinski definition) is 5. The fourth-order valence-corrected chi connectivity index (χ4v) is 3.10. The van der Waals surface area contributed by atoms with Gasteiger partial charge in [-0.2, -0.15) is 0 Å². The molecule has 2 fully saturated rings. The molecule has 2 aliphatic heterocycles. The molecule has 2 saturated heterocycles. The van der Waals surface area contributed by atoms with Crippen LogP contribution in [-0.2, 0) is 0 Å². The molecule has 0 aromatic carbocycles. The van der Waals surface area contributed by atoms with Gasteiger partial charge in [0.15, 0.2) is 11.5 Å². The Kier molecular flexibility index (Phi) is 3.82. The van der Waals surface area contributed by atoms with Crippen LogP contribution < -0.4 is 15.5 Å². The van der Waals surface area contributed by atoms with Crippen molar-refractivity contribution in [1.29, 1.82) is 0 Å². The molecule has 108 valence electrons. The van der Waals surface area contributed by atoms with Gasteiger partial charge in [0.25, 0.3) is 5.91 Å². The average Bonchev–Trinajstić information content (AvgIpc) is 2.91. The van der Waals surface area contributed by atoms with E-state index in [9.17, 15) is 4.79 Å². The molecule has 2 unspecified atom stereocenters. The van der Waals surface area contributed by atoms with Crippen molar-refractivity contribution >= 4 is 11.7 Å². The molecule has 1 aromatic heterocycles. The third-order valence-corrected chi connectivity index (χ3v) is 4.14. The number of amides is 1. The molecular formula is C14H21N5O. The summed E-state index contributed by atoms with van der Waals surface area (Å²) in [7, 11) is 0. The summed E-state index contributed by atoms with van der Waals surface area (Å²) < 4.78 is 0. The predicted octanol–water partition coefficient (Wildman–Crippen LogP) is 0.415. The molecule has 6 nitrogen and oxygen atoms in total. The van der Waals surface area contributed by atoms with Gasteiger partial charge in [0.2, 0.25) is 0 Å². The number of hydrogen-bond donors (Lipinski definition) is 2. The first kappa shape index (κ1) is 13.3. The van der Waals surface area contributed by atoms with E-state index in [2.05, 4.69) is 25.7 Å². The van der Waals surface area contributed by atoms with Crippen molar-refractivity contribution in [2.75, 3.05) is 31.1 Å². The minimum absolute atomic E-state index is 0.164. The van der Waals surface area contributed by atoms with Gasteiger partial charge in [0.1, 0.15) is 0 Å². The van der Waals surface area contributed by atoms with Crippen molar-refractivity contribution in [3.63, 3.8) is 0 Å². The third kappa shape index (κ3) is 2.60. The van der Waals surface area contributed by atoms with Crippen LogP contribution in [0.2, 0.25) is 0 Å². The SMILES string of the molecule is CCNC(=O)c1ccc(N2CC3CCCNC3C2)nn1. The second-order valence-corrected chi connectivity index (χ2v) is 5.50. The zero-order valence-electron chi connectivity index (χ0n) is 11.8. The maximum Gasteiger partial charge on any atom is 0.271 e. The van der Waals surface area contributed by atoms with Gasteiger partial charge in [-0.1, -0.05) is 0 Å². The number of carbonyl (C=O) groups is 1. The van der Waals surface area contributed by atoms with Crippen LogP contribution in [-0.4, -0.2) is 48.3 Å². The average molecular weight is 275 g/mol. The van der Waals surface area contributed by atoms with E-state index in [4.69, 9.17) is 0 Å². The molecule has 0 saturated carbocycles. The van der Waals surface area contributed by atoms with E-state index in [-0.39, 0.29) is 5.91 Å². The number of aromatic nitrogens is 2. The van der Waals surface area contributed by atoms with Gasteiger partial charge < -0.3 is 15.5 Å². The van der Waals surface area contributed by atoms with Crippen LogP contribution >= 0.6 is 0 Å². The van der Waals surface area contributed by atoms with Crippen molar-refractivity contribution < 1.29 is 4.79 Å². The summed E-state index contributed by atoms with van der Waals surface area (Å²) in [5.41, 5.74) is 0.380. The summed E-state index contributed by atoms with van der Waals surface area (Å²) >= 11 is 0. The Balaban J connectivity index is 1.67. The largest absolute Gasteiger partial charge is 0.353 e. The molecule has 2 N–H and O–H groups in total. The van der Waals surface area contributed by atoms with Gasteiger partial charge >= 0.3 is 0 Å². The van der Waals surface area contributed by atoms with Crippen LogP contribution in [0.1, 0.15) is 30.3 Å². The number of anilines is 1. The van der Waals surface area contributed by atoms with Gasteiger partial charge in [-0.15, -0.1) is 10.2 Å². The highest BCUT2D eigenvalue weighted by atomic mass is 16.1. The summed E-state index contributed by atoms with van der Waals surface area (Å²) in [6.07, 6.45) is 2.55. The summed E-state index contributed by atoms with van der Waals surface area (Å²) in [4.78, 5) is 13.9. The summed E-state index contributed by atoms with van der Waals surface area (Å²) in [6.45, 7) is 5.63. The number of nitrogens with zero attached hydrogens (tertiary/aromatic N) is 3. The Morgan fingerprint density at radius 3 is 3.05 bits per heavy atom. The first-order valence-electron chi connectivity index (χ1n) is 7.38. The Bertz CT molecular complexity index is 461. The lowest BCUT2D eigenvalue weighted by Crippen LogP contribution is -2.40. The highest BCUT2D eigenvalue weighted by Gasteiger charge is 2.34. The van der Waals surface area contributed by atoms with E-state index in [1.807, 2.05) is 13.0 Å². The van der Waals surface area contributed by atoms with Gasteiger partial charge in [0.05, 0.1) is 0 Å². The number of fused-ring (bicyclic) bond motifs is 1. The Hall–Kier alpha value is -1.69. The van der Waals surface area contributed by atoms with E-state index >= 15 is 0 Å². The first-order valence-corrected chi connectivity index (χ1v) is 7.38. The van der Waals surface area contributed by atoms with E-state index in [1.165, 1.54) is 12.8 Å². The maximum absolute atomic E-state index is 11.6. The second-order valence-electron chi connectivity index (χ2n) is 5.50. The van der Waals surface area contributed by atoms with Crippen molar-refractivity contribution in [3.8, 4) is 0 Å². The number of rotatable bonds is 3. The second kappa shape index (κ2) is 5.75. The molecule has 0 aliphatic carbocycles. The third-order valence-electron chi connectivity index (χ3n) is 4.14. The molecule has 1 aromatic rings. The van der Waals surface area contributed by atoms with E-state index < -0.39 is 0 Å². The molecule has 6 heteroatoms. The van der Waals surface area contributed by atoms with Crippen molar-refractivity contribution in [2.24, 2.45) is 5.92 Å². The Morgan fingerprint density at radius 2 is 2.35 bits per heavy atom. The van der Waals surface area contributed by atoms with Gasteiger partial charge in [-0.05, 0) is 44.4 Å². The van der Waals surface area contributed by atoms with E-state index in [0.29, 0.717) is 24.2 Å². The molecule has 20 heavy (non-hydrogen) atoms. The maximum atomic E-state index is 11.6. The molecule has 3 heterocycles. The van der Waals surface area contributed by atoms with E-state index in [0.717, 1.165) is 25.5 Å². The number of nitrogens with one attached hydrogen (secondary N) is 2. The van der Waals surface area contributed by atoms with Gasteiger partial charge in [-0.3, -0.25) is 4.79 Å². The zero-order valence-corrected chi connectivity index (χ0v) is 11.8. The van der Waals surface area contributed by atoms with Gasteiger partial charge in [-0.25, -0.2) is 0 Å². The molecule has 2 atom stereocenters. The lowest BCUT2D eigenvalue weighted by Gasteiger charge is -2.24. The van der Waals surface area contributed by atoms with Crippen LogP contribution in [0.15, 0.2) is 12.1 Å². The molecule has 0 spiro atoms. The zero-order chi connectivity index (χ0) is 13.9. The number of carbonyl (C=O) groups excluding carboxylic acids is 1. The predicted molar refractivity (Wildman–Crippen MR) is 76.8 cm³/mol. The molecular weight excluding hydrogens is 254 g/mol. The quantitative estimate of drug-likeness (QED) is 0.836. The van der Waals surface area contributed by atoms with Crippen LogP contribution in [0, 0.1) is 5.92 Å². The van der Waals surface area contributed by atoms with Crippen LogP contribution in [0.5, 0.6) is 0 Å². The first-order chi connectivity index (χ1) is 9.78. The highest BCUT2D eigenvalue weighted by Crippen LogP contribution is 2.27. The molecule has 0 bridgehead atoms. The van der Waals surface area contributed by atoms with E-state index in [1.54, 1.807) is 6.07 Å². The topological polar surface area (TPSA) is 70.2 Å². The minimum Gasteiger partial charge on any atom is -0.353 e. The summed E-state index contributed by atoms with van der Waals surface area (Å²) in [5, 5.41) is 14.5. The highest BCUT2D eigenvalue weighted by molar-refractivity contribution is 5.92. The fourth-order valence-electron chi connectivity index (χ4n) is 3.10. The fraction of sp³-hybridized carbons (Fsp3) is 0.643. The molecule has 0 radical (unpaired) electrons. The lowest BCUT2D eigenvalue weighted by molar-refractivity contribution is 0.0950. The smallest absolute Gasteiger partial charge is 0.271 e. The Labute approximate surface area is 118 Å². The van der Waals surface area contributed by atoms with Crippen molar-refractivity contribution in [3.05, 3.63) is 17.8 Å². The van der Waals surface area contributed by atoms with Crippen LogP contribution in [0.3, 0.4) is 0 Å². The number of piperidine rings is 1. The normalized spacial score (nSPS) is 25.4. The minimum atomic E-state index is -0.164. The van der Waals surface area contributed by atoms with Crippen molar-refractivity contribution in [1.82, 2.24) is 20.8 Å². The molecule has 1 amide bonds. The Morgan fingerprint density at radius 1 is 1.45 bits per heavy atom. The van der Waals surface area contributed by atoms with Gasteiger partial charge in [0, 0.05) is 25.7 Å². The standard InChI is InChI=1S/C14H21N5O/c1-2-15-14(20)11-5-6-13(18-17-11)19-8-10-4-3-7-16-12(10)9-19/h5-6,10,12,16H,2-4,7-9H2,1H3,(H,15,20). The molecule has 2 aliphatic rings. The lowest BCUT2D eigenvalue weighted by atomic mass is 9.94. The summed E-state index contributed by atoms with van der Waals surface area (Å²) in [5.74, 6) is 1.42. The summed E-state index contributed by atoms with van der Waals surface area (Å²) in [6, 6.07) is 4.23.